The van der Waals surface area contributed by atoms with Crippen LogP contribution in [-0.4, -0.2) is 10.2 Å². The minimum atomic E-state index is -2.47. The molecule has 0 heterocycles. The molecule has 8 bridgehead atoms. The molecule has 0 fully saturated rings. The highest BCUT2D eigenvalue weighted by Crippen LogP contribution is 2.46. The molecular weight excluding hydrogens is 1540 g/mol. The van der Waals surface area contributed by atoms with Crippen LogP contribution in [0.2, 0.25) is 0 Å². The van der Waals surface area contributed by atoms with E-state index in [4.69, 9.17) is 28.4 Å². The van der Waals surface area contributed by atoms with Gasteiger partial charge < -0.3 is 38.6 Å². The van der Waals surface area contributed by atoms with Crippen LogP contribution in [0, 0.1) is 116 Å². The van der Waals surface area contributed by atoms with Crippen LogP contribution in [0.3, 0.4) is 0 Å². The standard InChI is InChI=1S/C86H72F20O8/c1-83(2,3)47-21-39-17-43-25-49(85(7,8)9)27-45(81(43)113-31-37-13-51(109-33-55-59(87)67(95)75(103)68(96)60(55)88)29-52(14-37)110-34-56-61(89)69(97)76(104)70(98)62(56)90)19-41-23-48(84(4,5)6)24-42(80(41)108)20-46-28-50(86(10,11)12)26-44(18-40(22-47)79(39)107)82(46)114-32-38-15-53(111-35-57-63(91)71(99)77(105)72(100)64(57)92)30-54(16-38)112-36-58-65(93)73(101)78(106)74(102)66(58)94/h13-16,21-30,107-108H,17-20,31-36H2,1-12H3. The Morgan fingerprint density at radius 2 is 0.386 bits per heavy atom. The topological polar surface area (TPSA) is 95.8 Å². The van der Waals surface area contributed by atoms with Crippen molar-refractivity contribution < 1.29 is 126 Å². The van der Waals surface area contributed by atoms with E-state index in [1.807, 2.05) is 107 Å². The average molecular weight is 1610 g/mol. The number of ether oxygens (including phenoxy) is 6. The first-order chi connectivity index (χ1) is 53.1. The van der Waals surface area contributed by atoms with Crippen LogP contribution in [0.4, 0.5) is 87.8 Å². The molecule has 10 aromatic rings. The van der Waals surface area contributed by atoms with Gasteiger partial charge in [0.1, 0.15) is 85.6 Å². The first-order valence-corrected chi connectivity index (χ1v) is 35.2. The van der Waals surface area contributed by atoms with E-state index in [0.29, 0.717) is 66.8 Å². The van der Waals surface area contributed by atoms with Crippen LogP contribution < -0.4 is 28.4 Å². The number of phenolic OH excluding ortho intramolecular Hbond substituents is 2. The summed E-state index contributed by atoms with van der Waals surface area (Å²) in [6, 6.07) is 20.9. The SMILES string of the molecule is CC(C)(C)c1cc2c(O)c(c1)Cc1cc(C(C)(C)C)cc(c1OCc1cc(OCc3c(F)c(F)c(F)c(F)c3F)cc(OCc3c(F)c(F)c(F)c(F)c3F)c1)Cc1cc(C(C)(C)C)cc(c1O)Cc1cc(C(C)(C)C)cc(c1OCc1cc(OCc3c(F)c(F)c(F)c(F)c3F)cc(OCc3c(F)c(F)c(F)c(F)c3F)c1)C2. The first kappa shape index (κ1) is 84.1. The number of halogens is 20. The number of aromatic hydroxyl groups is 2. The Balaban J connectivity index is 1.07. The Labute approximate surface area is 641 Å². The second kappa shape index (κ2) is 31.9. The molecule has 0 atom stereocenters. The van der Waals surface area contributed by atoms with Gasteiger partial charge in [0.25, 0.3) is 0 Å². The summed E-state index contributed by atoms with van der Waals surface area (Å²) in [4.78, 5) is 0. The predicted molar refractivity (Wildman–Crippen MR) is 379 cm³/mol. The number of benzene rings is 10. The third-order valence-corrected chi connectivity index (χ3v) is 19.4. The molecule has 1 aliphatic rings. The summed E-state index contributed by atoms with van der Waals surface area (Å²) in [5, 5.41) is 26.2. The molecular formula is C86H72F20O8. The summed E-state index contributed by atoms with van der Waals surface area (Å²) in [5.41, 5.74) is -3.00. The molecule has 1 aliphatic carbocycles. The number of hydrogen-bond donors (Lipinski definition) is 2. The van der Waals surface area contributed by atoms with Gasteiger partial charge in [-0.2, -0.15) is 0 Å². The lowest BCUT2D eigenvalue weighted by molar-refractivity contribution is 0.262. The molecule has 0 saturated heterocycles. The maximum absolute atomic E-state index is 15.1. The normalized spacial score (nSPS) is 12.7. The molecule has 0 aromatic heterocycles. The van der Waals surface area contributed by atoms with E-state index in [1.165, 1.54) is 24.3 Å². The molecule has 28 heteroatoms. The molecule has 0 unspecified atom stereocenters. The number of fused-ring (bicyclic) bond motifs is 8. The smallest absolute Gasteiger partial charge is 0.200 e. The summed E-state index contributed by atoms with van der Waals surface area (Å²) in [7, 11) is 0. The second-order valence-corrected chi connectivity index (χ2v) is 31.8. The predicted octanol–water partition coefficient (Wildman–Crippen LogP) is 23.2. The fourth-order valence-corrected chi connectivity index (χ4v) is 12.8. The van der Waals surface area contributed by atoms with Crippen molar-refractivity contribution >= 4 is 0 Å². The van der Waals surface area contributed by atoms with E-state index < -0.39 is 223 Å². The zero-order valence-corrected chi connectivity index (χ0v) is 63.1. The summed E-state index contributed by atoms with van der Waals surface area (Å²) < 4.78 is 330. The molecule has 2 N–H and O–H groups in total. The maximum atomic E-state index is 15.1. The lowest BCUT2D eigenvalue weighted by Crippen LogP contribution is -2.16. The highest BCUT2D eigenvalue weighted by atomic mass is 19.2. The Morgan fingerprint density at radius 1 is 0.219 bits per heavy atom. The van der Waals surface area contributed by atoms with Gasteiger partial charge in [0.2, 0.25) is 23.3 Å². The van der Waals surface area contributed by atoms with E-state index in [1.54, 1.807) is 24.3 Å². The molecule has 0 aliphatic heterocycles. The van der Waals surface area contributed by atoms with Crippen LogP contribution in [-0.2, 0) is 87.0 Å². The average Bonchev–Trinajstić information content (AvgIpc) is 0.760. The van der Waals surface area contributed by atoms with Gasteiger partial charge in [-0.05, 0) is 124 Å². The van der Waals surface area contributed by atoms with Crippen LogP contribution in [0.25, 0.3) is 0 Å². The van der Waals surface area contributed by atoms with Crippen molar-refractivity contribution in [1.29, 1.82) is 0 Å². The highest BCUT2D eigenvalue weighted by Gasteiger charge is 2.34. The van der Waals surface area contributed by atoms with E-state index in [0.717, 1.165) is 12.1 Å². The van der Waals surface area contributed by atoms with E-state index in [2.05, 4.69) is 0 Å². The van der Waals surface area contributed by atoms with E-state index in [-0.39, 0.29) is 59.8 Å². The van der Waals surface area contributed by atoms with Gasteiger partial charge in [-0.3, -0.25) is 0 Å². The first-order valence-electron chi connectivity index (χ1n) is 35.2. The monoisotopic (exact) mass is 1610 g/mol. The van der Waals surface area contributed by atoms with Crippen LogP contribution in [0.15, 0.2) is 84.9 Å². The largest absolute Gasteiger partial charge is 0.507 e. The fourth-order valence-electron chi connectivity index (χ4n) is 12.8. The fraction of sp³-hybridized carbons (Fsp3) is 0.302. The number of hydrogen-bond acceptors (Lipinski definition) is 8. The minimum absolute atomic E-state index is 0.0312. The van der Waals surface area contributed by atoms with Gasteiger partial charge in [-0.1, -0.05) is 132 Å². The van der Waals surface area contributed by atoms with Crippen molar-refractivity contribution in [3.05, 3.63) is 301 Å². The molecule has 8 nitrogen and oxygen atoms in total. The van der Waals surface area contributed by atoms with Crippen LogP contribution in [0.1, 0.15) is 183 Å². The van der Waals surface area contributed by atoms with Gasteiger partial charge in [0.05, 0.1) is 22.3 Å². The molecule has 0 amide bonds. The van der Waals surface area contributed by atoms with Crippen molar-refractivity contribution in [3.63, 3.8) is 0 Å². The third-order valence-electron chi connectivity index (χ3n) is 19.4. The maximum Gasteiger partial charge on any atom is 0.200 e. The van der Waals surface area contributed by atoms with E-state index in [9.17, 15) is 62.9 Å². The van der Waals surface area contributed by atoms with E-state index >= 15 is 35.1 Å². The molecule has 0 radical (unpaired) electrons. The highest BCUT2D eigenvalue weighted by molar-refractivity contribution is 5.60. The second-order valence-electron chi connectivity index (χ2n) is 31.8. The summed E-state index contributed by atoms with van der Waals surface area (Å²) in [6.45, 7) is 16.4. The summed E-state index contributed by atoms with van der Waals surface area (Å²) >= 11 is 0. The molecule has 10 aromatic carbocycles. The number of phenols is 2. The van der Waals surface area contributed by atoms with Crippen molar-refractivity contribution in [2.24, 2.45) is 0 Å². The third kappa shape index (κ3) is 17.2. The zero-order chi connectivity index (χ0) is 83.8. The summed E-state index contributed by atoms with van der Waals surface area (Å²) in [5.74, 6) is -48.6. The lowest BCUT2D eigenvalue weighted by atomic mass is 9.79. The van der Waals surface area contributed by atoms with Crippen molar-refractivity contribution in [3.8, 4) is 46.0 Å². The minimum Gasteiger partial charge on any atom is -0.507 e. The Bertz CT molecular complexity index is 4770. The van der Waals surface area contributed by atoms with Crippen LogP contribution in [0.5, 0.6) is 46.0 Å². The van der Waals surface area contributed by atoms with Crippen molar-refractivity contribution in [2.75, 3.05) is 0 Å². The van der Waals surface area contributed by atoms with Gasteiger partial charge in [-0.15, -0.1) is 0 Å². The summed E-state index contributed by atoms with van der Waals surface area (Å²) in [6.07, 6.45) is -0.652. The van der Waals surface area contributed by atoms with Gasteiger partial charge in [0, 0.05) is 37.8 Å². The van der Waals surface area contributed by atoms with Gasteiger partial charge >= 0.3 is 0 Å². The molecule has 114 heavy (non-hydrogen) atoms. The van der Waals surface area contributed by atoms with Crippen LogP contribution >= 0.6 is 0 Å². The Morgan fingerprint density at radius 3 is 0.561 bits per heavy atom. The zero-order valence-electron chi connectivity index (χ0n) is 63.1. The molecule has 604 valence electrons. The van der Waals surface area contributed by atoms with Gasteiger partial charge in [-0.25, -0.2) is 87.8 Å². The quantitative estimate of drug-likeness (QED) is 0.0498. The Kier molecular flexibility index (Phi) is 23.5. The van der Waals surface area contributed by atoms with Crippen molar-refractivity contribution in [2.45, 2.75) is 170 Å². The van der Waals surface area contributed by atoms with Crippen molar-refractivity contribution in [1.82, 2.24) is 0 Å². The lowest BCUT2D eigenvalue weighted by Gasteiger charge is -2.28. The number of rotatable bonds is 18. The molecule has 0 spiro atoms. The molecule has 0 saturated carbocycles. The molecule has 11 rings (SSSR count). The van der Waals surface area contributed by atoms with Gasteiger partial charge in [0.15, 0.2) is 93.1 Å². The Hall–Kier alpha value is -10.8.